The normalized spacial score (nSPS) is 10.9. The van der Waals surface area contributed by atoms with Crippen molar-refractivity contribution in [1.82, 2.24) is 9.88 Å². The highest BCUT2D eigenvalue weighted by molar-refractivity contribution is 8.01. The lowest BCUT2D eigenvalue weighted by Gasteiger charge is -2.23. The number of fused-ring (bicyclic) bond motifs is 1. The second kappa shape index (κ2) is 9.44. The van der Waals surface area contributed by atoms with Gasteiger partial charge >= 0.3 is 0 Å². The SMILES string of the molecule is O=C(CSc1nc2cc(Cl)ccc2s1)N(Cc1ccccc1)Cc1ccccc1. The molecule has 146 valence electrons. The fraction of sp³-hybridized carbons (Fsp3) is 0.130. The molecule has 1 aromatic heterocycles. The maximum absolute atomic E-state index is 13.1. The van der Waals surface area contributed by atoms with Crippen LogP contribution >= 0.6 is 34.7 Å². The van der Waals surface area contributed by atoms with Crippen molar-refractivity contribution in [3.8, 4) is 0 Å². The van der Waals surface area contributed by atoms with Crippen LogP contribution in [0.1, 0.15) is 11.1 Å². The summed E-state index contributed by atoms with van der Waals surface area (Å²) in [6.07, 6.45) is 0. The van der Waals surface area contributed by atoms with Gasteiger partial charge in [-0.1, -0.05) is 84.0 Å². The van der Waals surface area contributed by atoms with Gasteiger partial charge in [-0.05, 0) is 29.3 Å². The van der Waals surface area contributed by atoms with Crippen molar-refractivity contribution in [2.45, 2.75) is 17.4 Å². The van der Waals surface area contributed by atoms with Gasteiger partial charge in [0.15, 0.2) is 4.34 Å². The number of carbonyl (C=O) groups excluding carboxylic acids is 1. The van der Waals surface area contributed by atoms with Crippen molar-refractivity contribution in [2.75, 3.05) is 5.75 Å². The summed E-state index contributed by atoms with van der Waals surface area (Å²) in [6, 6.07) is 25.9. The number of aromatic nitrogens is 1. The Labute approximate surface area is 183 Å². The minimum atomic E-state index is 0.0972. The summed E-state index contributed by atoms with van der Waals surface area (Å²) in [5, 5.41) is 0.673. The van der Waals surface area contributed by atoms with E-state index in [2.05, 4.69) is 29.2 Å². The first kappa shape index (κ1) is 20.0. The molecule has 0 saturated carbocycles. The second-order valence-corrected chi connectivity index (χ2v) is 9.29. The van der Waals surface area contributed by atoms with Gasteiger partial charge in [0.1, 0.15) is 0 Å². The molecule has 6 heteroatoms. The molecule has 29 heavy (non-hydrogen) atoms. The second-order valence-electron chi connectivity index (χ2n) is 6.60. The minimum Gasteiger partial charge on any atom is -0.333 e. The average Bonchev–Trinajstić information content (AvgIpc) is 3.15. The van der Waals surface area contributed by atoms with Gasteiger partial charge in [-0.15, -0.1) is 11.3 Å². The van der Waals surface area contributed by atoms with Crippen LogP contribution in [-0.2, 0) is 17.9 Å². The molecule has 1 heterocycles. The maximum atomic E-state index is 13.1. The third kappa shape index (κ3) is 5.38. The van der Waals surface area contributed by atoms with Gasteiger partial charge in [-0.25, -0.2) is 4.98 Å². The molecule has 0 spiro atoms. The molecule has 0 unspecified atom stereocenters. The zero-order chi connectivity index (χ0) is 20.1. The van der Waals surface area contributed by atoms with Crippen molar-refractivity contribution in [2.24, 2.45) is 0 Å². The van der Waals surface area contributed by atoms with E-state index in [1.807, 2.05) is 59.5 Å². The zero-order valence-corrected chi connectivity index (χ0v) is 18.0. The van der Waals surface area contributed by atoms with Crippen LogP contribution < -0.4 is 0 Å². The fourth-order valence-electron chi connectivity index (χ4n) is 3.00. The first-order valence-corrected chi connectivity index (χ1v) is 11.4. The molecule has 1 amide bonds. The number of rotatable bonds is 7. The first-order chi connectivity index (χ1) is 14.2. The molecular weight excluding hydrogens is 420 g/mol. The van der Waals surface area contributed by atoms with E-state index in [9.17, 15) is 4.79 Å². The first-order valence-electron chi connectivity index (χ1n) is 9.22. The predicted molar refractivity (Wildman–Crippen MR) is 122 cm³/mol. The lowest BCUT2D eigenvalue weighted by atomic mass is 10.1. The van der Waals surface area contributed by atoms with E-state index in [1.165, 1.54) is 11.8 Å². The highest BCUT2D eigenvalue weighted by Crippen LogP contribution is 2.31. The Hall–Kier alpha value is -2.34. The van der Waals surface area contributed by atoms with E-state index in [0.717, 1.165) is 25.7 Å². The van der Waals surface area contributed by atoms with Gasteiger partial charge < -0.3 is 4.90 Å². The molecule has 3 aromatic carbocycles. The molecule has 0 atom stereocenters. The predicted octanol–water partition coefficient (Wildman–Crippen LogP) is 6.27. The Kier molecular flexibility index (Phi) is 6.49. The van der Waals surface area contributed by atoms with Crippen LogP contribution in [0.4, 0.5) is 0 Å². The minimum absolute atomic E-state index is 0.0972. The zero-order valence-electron chi connectivity index (χ0n) is 15.6. The Morgan fingerprint density at radius 3 is 2.17 bits per heavy atom. The summed E-state index contributed by atoms with van der Waals surface area (Å²) in [6.45, 7) is 1.18. The van der Waals surface area contributed by atoms with Gasteiger partial charge in [0, 0.05) is 18.1 Å². The van der Waals surface area contributed by atoms with Gasteiger partial charge in [0.25, 0.3) is 0 Å². The van der Waals surface area contributed by atoms with Gasteiger partial charge in [-0.3, -0.25) is 4.79 Å². The van der Waals surface area contributed by atoms with E-state index >= 15 is 0 Å². The molecule has 3 nitrogen and oxygen atoms in total. The van der Waals surface area contributed by atoms with E-state index < -0.39 is 0 Å². The van der Waals surface area contributed by atoms with Crippen molar-refractivity contribution in [3.63, 3.8) is 0 Å². The fourth-order valence-corrected chi connectivity index (χ4v) is 5.11. The summed E-state index contributed by atoms with van der Waals surface area (Å²) in [5.41, 5.74) is 3.12. The lowest BCUT2D eigenvalue weighted by Crippen LogP contribution is -2.31. The number of carbonyl (C=O) groups is 1. The molecule has 0 radical (unpaired) electrons. The monoisotopic (exact) mass is 438 g/mol. The van der Waals surface area contributed by atoms with Crippen LogP contribution in [0.3, 0.4) is 0 Å². The molecule has 0 bridgehead atoms. The maximum Gasteiger partial charge on any atom is 0.233 e. The van der Waals surface area contributed by atoms with Crippen LogP contribution in [0.2, 0.25) is 5.02 Å². The number of amides is 1. The number of halogens is 1. The Morgan fingerprint density at radius 2 is 1.55 bits per heavy atom. The smallest absolute Gasteiger partial charge is 0.233 e. The average molecular weight is 439 g/mol. The molecule has 0 N–H and O–H groups in total. The van der Waals surface area contributed by atoms with Crippen molar-refractivity contribution < 1.29 is 4.79 Å². The standard InChI is InChI=1S/C23H19ClN2OS2/c24-19-11-12-21-20(13-19)25-23(29-21)28-16-22(27)26(14-17-7-3-1-4-8-17)15-18-9-5-2-6-10-18/h1-13H,14-16H2. The van der Waals surface area contributed by atoms with Gasteiger partial charge in [0.05, 0.1) is 16.0 Å². The van der Waals surface area contributed by atoms with Crippen molar-refractivity contribution in [3.05, 3.63) is 95.0 Å². The molecule has 0 saturated heterocycles. The number of thioether (sulfide) groups is 1. The van der Waals surface area contributed by atoms with Crippen molar-refractivity contribution >= 4 is 50.8 Å². The number of benzene rings is 3. The van der Waals surface area contributed by atoms with E-state index in [4.69, 9.17) is 11.6 Å². The number of hydrogen-bond acceptors (Lipinski definition) is 4. The third-order valence-electron chi connectivity index (χ3n) is 4.43. The lowest BCUT2D eigenvalue weighted by molar-refractivity contribution is -0.129. The highest BCUT2D eigenvalue weighted by atomic mass is 35.5. The van der Waals surface area contributed by atoms with Crippen molar-refractivity contribution in [1.29, 1.82) is 0 Å². The Balaban J connectivity index is 1.47. The largest absolute Gasteiger partial charge is 0.333 e. The van der Waals surface area contributed by atoms with E-state index in [-0.39, 0.29) is 5.91 Å². The summed E-state index contributed by atoms with van der Waals surface area (Å²) in [5.74, 6) is 0.452. The van der Waals surface area contributed by atoms with Crippen LogP contribution in [0, 0.1) is 0 Å². The molecular formula is C23H19ClN2OS2. The molecule has 0 aliphatic carbocycles. The van der Waals surface area contributed by atoms with E-state index in [0.29, 0.717) is 23.9 Å². The third-order valence-corrected chi connectivity index (χ3v) is 6.83. The quantitative estimate of drug-likeness (QED) is 0.319. The number of nitrogens with zero attached hydrogens (tertiary/aromatic N) is 2. The molecule has 0 fully saturated rings. The summed E-state index contributed by atoms with van der Waals surface area (Å²) in [4.78, 5) is 19.6. The van der Waals surface area contributed by atoms with Crippen LogP contribution in [0.25, 0.3) is 10.2 Å². The van der Waals surface area contributed by atoms with Gasteiger partial charge in [0.2, 0.25) is 5.91 Å². The summed E-state index contributed by atoms with van der Waals surface area (Å²) >= 11 is 9.12. The molecule has 4 aromatic rings. The Morgan fingerprint density at radius 1 is 0.931 bits per heavy atom. The van der Waals surface area contributed by atoms with Crippen LogP contribution in [0.5, 0.6) is 0 Å². The molecule has 0 aliphatic rings. The summed E-state index contributed by atoms with van der Waals surface area (Å²) < 4.78 is 1.96. The van der Waals surface area contributed by atoms with Gasteiger partial charge in [-0.2, -0.15) is 0 Å². The number of thiazole rings is 1. The molecule has 0 aliphatic heterocycles. The Bertz CT molecular complexity index is 1060. The van der Waals surface area contributed by atoms with Crippen LogP contribution in [-0.4, -0.2) is 21.5 Å². The molecule has 4 rings (SSSR count). The van der Waals surface area contributed by atoms with E-state index in [1.54, 1.807) is 11.3 Å². The topological polar surface area (TPSA) is 33.2 Å². The number of hydrogen-bond donors (Lipinski definition) is 0. The summed E-state index contributed by atoms with van der Waals surface area (Å²) in [7, 11) is 0. The highest BCUT2D eigenvalue weighted by Gasteiger charge is 2.16. The van der Waals surface area contributed by atoms with Crippen LogP contribution in [0.15, 0.2) is 83.2 Å².